The van der Waals surface area contributed by atoms with Gasteiger partial charge in [-0.1, -0.05) is 29.8 Å². The number of carbonyl (C=O) groups is 1. The van der Waals surface area contributed by atoms with Crippen LogP contribution in [0.1, 0.15) is 18.4 Å². The Hall–Kier alpha value is -1.11. The Morgan fingerprint density at radius 2 is 2.05 bits per heavy atom. The molecule has 5 nitrogen and oxygen atoms in total. The van der Waals surface area contributed by atoms with E-state index >= 15 is 0 Å². The van der Waals surface area contributed by atoms with Crippen LogP contribution in [-0.4, -0.2) is 44.0 Å². The van der Waals surface area contributed by atoms with E-state index in [-0.39, 0.29) is 18.1 Å². The number of benzene rings is 1. The number of sulfonamides is 1. The average molecular weight is 331 g/mol. The van der Waals surface area contributed by atoms with Crippen molar-refractivity contribution in [2.24, 2.45) is 0 Å². The summed E-state index contributed by atoms with van der Waals surface area (Å²) in [6.07, 6.45) is 1.80. The number of hydrogen-bond acceptors (Lipinski definition) is 3. The zero-order valence-corrected chi connectivity index (χ0v) is 13.3. The molecule has 1 heterocycles. The largest absolute Gasteiger partial charge is 0.354 e. The molecule has 0 bridgehead atoms. The molecule has 0 spiro atoms. The molecule has 7 heteroatoms. The van der Waals surface area contributed by atoms with Crippen molar-refractivity contribution in [3.63, 3.8) is 0 Å². The van der Waals surface area contributed by atoms with Crippen LogP contribution in [0.4, 0.5) is 0 Å². The van der Waals surface area contributed by atoms with Crippen LogP contribution in [0.3, 0.4) is 0 Å². The molecule has 2 rings (SSSR count). The summed E-state index contributed by atoms with van der Waals surface area (Å²) in [6.45, 7) is 1.20. The van der Waals surface area contributed by atoms with Crippen LogP contribution in [0.15, 0.2) is 24.3 Å². The summed E-state index contributed by atoms with van der Waals surface area (Å²) in [5.41, 5.74) is 0.766. The molecule has 1 N–H and O–H groups in total. The molecule has 116 valence electrons. The second-order valence-electron chi connectivity index (χ2n) is 5.04. The molecule has 1 amide bonds. The molecule has 1 aliphatic rings. The summed E-state index contributed by atoms with van der Waals surface area (Å²) in [5, 5.41) is 3.30. The first-order valence-corrected chi connectivity index (χ1v) is 8.96. The Kier molecular flexibility index (Phi) is 5.61. The Balaban J connectivity index is 1.78. The minimum absolute atomic E-state index is 0.155. The topological polar surface area (TPSA) is 66.5 Å². The van der Waals surface area contributed by atoms with E-state index in [2.05, 4.69) is 5.32 Å². The number of hydrogen-bond donors (Lipinski definition) is 1. The predicted octanol–water partition coefficient (Wildman–Crippen LogP) is 1.42. The zero-order chi connectivity index (χ0) is 15.3. The second-order valence-corrected chi connectivity index (χ2v) is 7.54. The molecule has 1 aliphatic heterocycles. The molecule has 0 radical (unpaired) electrons. The van der Waals surface area contributed by atoms with Gasteiger partial charge in [0, 0.05) is 24.7 Å². The highest BCUT2D eigenvalue weighted by atomic mass is 35.5. The average Bonchev–Trinajstić information content (AvgIpc) is 2.43. The third-order valence-corrected chi connectivity index (χ3v) is 5.77. The zero-order valence-electron chi connectivity index (χ0n) is 11.7. The first-order valence-electron chi connectivity index (χ1n) is 6.97. The Bertz CT molecular complexity index is 604. The highest BCUT2D eigenvalue weighted by molar-refractivity contribution is 7.89. The molecule has 1 aromatic rings. The maximum atomic E-state index is 11.8. The van der Waals surface area contributed by atoms with Crippen LogP contribution >= 0.6 is 11.6 Å². The Labute approximate surface area is 130 Å². The van der Waals surface area contributed by atoms with Crippen LogP contribution in [0.2, 0.25) is 5.02 Å². The molecule has 0 saturated carbocycles. The van der Waals surface area contributed by atoms with Crippen molar-refractivity contribution in [2.75, 3.05) is 25.4 Å². The quantitative estimate of drug-likeness (QED) is 0.888. The van der Waals surface area contributed by atoms with Gasteiger partial charge in [-0.3, -0.25) is 4.79 Å². The first-order chi connectivity index (χ1) is 9.99. The number of nitrogens with one attached hydrogen (secondary N) is 1. The number of rotatable bonds is 5. The summed E-state index contributed by atoms with van der Waals surface area (Å²) < 4.78 is 25.0. The van der Waals surface area contributed by atoms with Crippen molar-refractivity contribution in [3.05, 3.63) is 34.9 Å². The van der Waals surface area contributed by atoms with Crippen molar-refractivity contribution >= 4 is 27.5 Å². The summed E-state index contributed by atoms with van der Waals surface area (Å²) in [7, 11) is -3.13. The number of nitrogens with zero attached hydrogens (tertiary/aromatic N) is 1. The third-order valence-electron chi connectivity index (χ3n) is 3.45. The first kappa shape index (κ1) is 16.3. The molecule has 21 heavy (non-hydrogen) atoms. The number of carbonyl (C=O) groups excluding carboxylic acids is 1. The minimum atomic E-state index is -3.13. The van der Waals surface area contributed by atoms with Crippen LogP contribution < -0.4 is 5.32 Å². The van der Waals surface area contributed by atoms with Crippen molar-refractivity contribution in [1.29, 1.82) is 0 Å². The van der Waals surface area contributed by atoms with Gasteiger partial charge in [0.15, 0.2) is 0 Å². The minimum Gasteiger partial charge on any atom is -0.354 e. The molecule has 0 aliphatic carbocycles. The van der Waals surface area contributed by atoms with E-state index in [1.807, 2.05) is 12.1 Å². The van der Waals surface area contributed by atoms with Gasteiger partial charge in [0.05, 0.1) is 12.2 Å². The van der Waals surface area contributed by atoms with Gasteiger partial charge in [0.25, 0.3) is 0 Å². The fourth-order valence-corrected chi connectivity index (χ4v) is 4.10. The lowest BCUT2D eigenvalue weighted by Crippen LogP contribution is -2.42. The molecular formula is C14H19ClN2O3S. The summed E-state index contributed by atoms with van der Waals surface area (Å²) >= 11 is 5.99. The maximum Gasteiger partial charge on any atom is 0.224 e. The second kappa shape index (κ2) is 7.24. The molecule has 0 atom stereocenters. The van der Waals surface area contributed by atoms with Gasteiger partial charge in [-0.2, -0.15) is 0 Å². The monoisotopic (exact) mass is 330 g/mol. The maximum absolute atomic E-state index is 11.8. The Morgan fingerprint density at radius 3 is 2.76 bits per heavy atom. The molecule has 1 aromatic carbocycles. The highest BCUT2D eigenvalue weighted by Crippen LogP contribution is 2.15. The third kappa shape index (κ3) is 4.69. The van der Waals surface area contributed by atoms with Gasteiger partial charge in [-0.15, -0.1) is 0 Å². The van der Waals surface area contributed by atoms with Crippen molar-refractivity contribution in [1.82, 2.24) is 9.62 Å². The Morgan fingerprint density at radius 1 is 1.29 bits per heavy atom. The summed E-state index contributed by atoms with van der Waals surface area (Å²) in [4.78, 5) is 11.8. The van der Waals surface area contributed by atoms with E-state index in [0.717, 1.165) is 18.4 Å². The summed E-state index contributed by atoms with van der Waals surface area (Å²) in [6, 6.07) is 7.18. The van der Waals surface area contributed by atoms with Crippen LogP contribution in [-0.2, 0) is 21.2 Å². The van der Waals surface area contributed by atoms with Crippen molar-refractivity contribution < 1.29 is 13.2 Å². The number of halogens is 1. The van der Waals surface area contributed by atoms with Gasteiger partial charge < -0.3 is 5.32 Å². The van der Waals surface area contributed by atoms with E-state index in [9.17, 15) is 13.2 Å². The van der Waals surface area contributed by atoms with Gasteiger partial charge in [0.1, 0.15) is 0 Å². The van der Waals surface area contributed by atoms with Gasteiger partial charge in [0.2, 0.25) is 15.9 Å². The lowest BCUT2D eigenvalue weighted by Gasteiger charge is -2.26. The molecule has 0 unspecified atom stereocenters. The highest BCUT2D eigenvalue weighted by Gasteiger charge is 2.25. The fourth-order valence-electron chi connectivity index (χ4n) is 2.29. The summed E-state index contributed by atoms with van der Waals surface area (Å²) in [5.74, 6) is 0.0538. The van der Waals surface area contributed by atoms with E-state index in [0.29, 0.717) is 24.7 Å². The predicted molar refractivity (Wildman–Crippen MR) is 82.8 cm³/mol. The van der Waals surface area contributed by atoms with E-state index in [1.165, 1.54) is 4.31 Å². The molecule has 0 aromatic heterocycles. The van der Waals surface area contributed by atoms with E-state index < -0.39 is 10.0 Å². The number of amides is 1. The van der Waals surface area contributed by atoms with Crippen LogP contribution in [0.5, 0.6) is 0 Å². The lowest BCUT2D eigenvalue weighted by atomic mass is 10.1. The molecule has 1 fully saturated rings. The van der Waals surface area contributed by atoms with E-state index in [1.54, 1.807) is 12.1 Å². The SMILES string of the molecule is O=C(Cc1ccccc1Cl)NCCN1CCCCS1(=O)=O. The van der Waals surface area contributed by atoms with Gasteiger partial charge >= 0.3 is 0 Å². The fraction of sp³-hybridized carbons (Fsp3) is 0.500. The standard InChI is InChI=1S/C14H19ClN2O3S/c15-13-6-2-1-5-12(13)11-14(18)16-7-9-17-8-3-4-10-21(17,19)20/h1-2,5-6H,3-4,7-11H2,(H,16,18). The van der Waals surface area contributed by atoms with Crippen molar-refractivity contribution in [2.45, 2.75) is 19.3 Å². The van der Waals surface area contributed by atoms with Crippen molar-refractivity contribution in [3.8, 4) is 0 Å². The van der Waals surface area contributed by atoms with Crippen LogP contribution in [0.25, 0.3) is 0 Å². The van der Waals surface area contributed by atoms with Gasteiger partial charge in [-0.05, 0) is 24.5 Å². The molecule has 1 saturated heterocycles. The van der Waals surface area contributed by atoms with Gasteiger partial charge in [-0.25, -0.2) is 12.7 Å². The van der Waals surface area contributed by atoms with Crippen LogP contribution in [0, 0.1) is 0 Å². The van der Waals surface area contributed by atoms with E-state index in [4.69, 9.17) is 11.6 Å². The smallest absolute Gasteiger partial charge is 0.224 e. The normalized spacial score (nSPS) is 18.3. The molecular weight excluding hydrogens is 312 g/mol. The lowest BCUT2D eigenvalue weighted by molar-refractivity contribution is -0.120.